The third-order valence-corrected chi connectivity index (χ3v) is 3.55. The molecule has 0 bridgehead atoms. The second kappa shape index (κ2) is 7.75. The van der Waals surface area contributed by atoms with Gasteiger partial charge >= 0.3 is 0 Å². The summed E-state index contributed by atoms with van der Waals surface area (Å²) in [5, 5.41) is 2.97. The number of rotatable bonds is 5. The first-order valence-corrected chi connectivity index (χ1v) is 7.71. The van der Waals surface area contributed by atoms with Gasteiger partial charge in [0.25, 0.3) is 0 Å². The Balaban J connectivity index is 2.32. The molecule has 0 unspecified atom stereocenters. The molecular weight excluding hydrogens is 268 g/mol. The molecule has 1 saturated heterocycles. The van der Waals surface area contributed by atoms with Crippen molar-refractivity contribution < 1.29 is 9.59 Å². The predicted octanol–water partition coefficient (Wildman–Crippen LogP) is -0.00300. The molecule has 6 heteroatoms. The molecule has 1 fully saturated rings. The average molecular weight is 298 g/mol. The first-order chi connectivity index (χ1) is 9.71. The summed E-state index contributed by atoms with van der Waals surface area (Å²) in [6.07, 6.45) is 0. The molecule has 1 N–H and O–H groups in total. The van der Waals surface area contributed by atoms with Crippen LogP contribution in [-0.2, 0) is 9.59 Å². The zero-order chi connectivity index (χ0) is 16.0. The van der Waals surface area contributed by atoms with Gasteiger partial charge in [-0.2, -0.15) is 0 Å². The Hall–Kier alpha value is -1.14. The quantitative estimate of drug-likeness (QED) is 0.776. The van der Waals surface area contributed by atoms with Crippen LogP contribution < -0.4 is 5.32 Å². The minimum absolute atomic E-state index is 0.0491. The van der Waals surface area contributed by atoms with Gasteiger partial charge in [-0.05, 0) is 34.4 Å². The minimum Gasteiger partial charge on any atom is -0.350 e. The standard InChI is InChI=1S/C15H30N4O2/c1-6-17(5)12-14(21)19-9-7-18(8-10-19)11-13(20)16-15(2,3)4/h6-12H2,1-5H3,(H,16,20). The first-order valence-electron chi connectivity index (χ1n) is 7.71. The highest BCUT2D eigenvalue weighted by molar-refractivity contribution is 5.79. The molecule has 122 valence electrons. The van der Waals surface area contributed by atoms with E-state index >= 15 is 0 Å². The number of nitrogens with zero attached hydrogens (tertiary/aromatic N) is 3. The van der Waals surface area contributed by atoms with Crippen molar-refractivity contribution in [2.24, 2.45) is 0 Å². The lowest BCUT2D eigenvalue weighted by atomic mass is 10.1. The summed E-state index contributed by atoms with van der Waals surface area (Å²) < 4.78 is 0. The van der Waals surface area contributed by atoms with Crippen LogP contribution in [0.2, 0.25) is 0 Å². The average Bonchev–Trinajstić information content (AvgIpc) is 2.36. The van der Waals surface area contributed by atoms with E-state index in [1.165, 1.54) is 0 Å². The van der Waals surface area contributed by atoms with E-state index < -0.39 is 0 Å². The molecule has 0 aromatic carbocycles. The Morgan fingerprint density at radius 3 is 2.19 bits per heavy atom. The molecule has 0 aromatic heterocycles. The summed E-state index contributed by atoms with van der Waals surface area (Å²) in [7, 11) is 1.95. The maximum absolute atomic E-state index is 12.1. The number of carbonyl (C=O) groups excluding carboxylic acids is 2. The van der Waals surface area contributed by atoms with E-state index in [1.54, 1.807) is 0 Å². The van der Waals surface area contributed by atoms with Gasteiger partial charge in [0, 0.05) is 31.7 Å². The van der Waals surface area contributed by atoms with Crippen LogP contribution in [-0.4, -0.2) is 84.9 Å². The Labute approximate surface area is 128 Å². The topological polar surface area (TPSA) is 55.9 Å². The third kappa shape index (κ3) is 6.91. The molecule has 0 atom stereocenters. The van der Waals surface area contributed by atoms with Gasteiger partial charge in [0.2, 0.25) is 11.8 Å². The molecule has 21 heavy (non-hydrogen) atoms. The van der Waals surface area contributed by atoms with E-state index in [2.05, 4.69) is 10.2 Å². The minimum atomic E-state index is -0.195. The molecule has 0 aromatic rings. The molecule has 1 heterocycles. The van der Waals surface area contributed by atoms with Crippen molar-refractivity contribution in [2.75, 3.05) is 52.9 Å². The predicted molar refractivity (Wildman–Crippen MR) is 84.1 cm³/mol. The van der Waals surface area contributed by atoms with Gasteiger partial charge in [0.15, 0.2) is 0 Å². The van der Waals surface area contributed by atoms with E-state index in [-0.39, 0.29) is 17.4 Å². The Kier molecular flexibility index (Phi) is 6.61. The highest BCUT2D eigenvalue weighted by atomic mass is 16.2. The molecule has 0 spiro atoms. The normalized spacial score (nSPS) is 17.1. The van der Waals surface area contributed by atoms with Gasteiger partial charge < -0.3 is 10.2 Å². The highest BCUT2D eigenvalue weighted by Crippen LogP contribution is 2.04. The SMILES string of the molecule is CCN(C)CC(=O)N1CCN(CC(=O)NC(C)(C)C)CC1. The fourth-order valence-corrected chi connectivity index (χ4v) is 2.26. The van der Waals surface area contributed by atoms with Crippen molar-refractivity contribution >= 4 is 11.8 Å². The van der Waals surface area contributed by atoms with Crippen LogP contribution >= 0.6 is 0 Å². The molecule has 0 saturated carbocycles. The monoisotopic (exact) mass is 298 g/mol. The fourth-order valence-electron chi connectivity index (χ4n) is 2.26. The Morgan fingerprint density at radius 2 is 1.71 bits per heavy atom. The number of hydrogen-bond acceptors (Lipinski definition) is 4. The molecule has 1 rings (SSSR count). The van der Waals surface area contributed by atoms with Gasteiger partial charge in [-0.15, -0.1) is 0 Å². The molecule has 2 amide bonds. The summed E-state index contributed by atoms with van der Waals surface area (Å²) in [6, 6.07) is 0. The highest BCUT2D eigenvalue weighted by Gasteiger charge is 2.23. The third-order valence-electron chi connectivity index (χ3n) is 3.55. The fraction of sp³-hybridized carbons (Fsp3) is 0.867. The van der Waals surface area contributed by atoms with Gasteiger partial charge in [0.05, 0.1) is 13.1 Å². The maximum atomic E-state index is 12.1. The number of carbonyl (C=O) groups is 2. The van der Waals surface area contributed by atoms with Crippen molar-refractivity contribution in [2.45, 2.75) is 33.2 Å². The number of likely N-dealkylation sites (N-methyl/N-ethyl adjacent to an activating group) is 1. The molecule has 0 aliphatic carbocycles. The number of hydrogen-bond donors (Lipinski definition) is 1. The largest absolute Gasteiger partial charge is 0.350 e. The lowest BCUT2D eigenvalue weighted by Gasteiger charge is -2.35. The summed E-state index contributed by atoms with van der Waals surface area (Å²) in [5.74, 6) is 0.228. The van der Waals surface area contributed by atoms with Crippen molar-refractivity contribution in [3.63, 3.8) is 0 Å². The number of nitrogens with one attached hydrogen (secondary N) is 1. The van der Waals surface area contributed by atoms with E-state index in [4.69, 9.17) is 0 Å². The zero-order valence-corrected chi connectivity index (χ0v) is 14.1. The smallest absolute Gasteiger partial charge is 0.236 e. The van der Waals surface area contributed by atoms with Crippen molar-refractivity contribution in [1.82, 2.24) is 20.0 Å². The van der Waals surface area contributed by atoms with Crippen LogP contribution in [0, 0.1) is 0 Å². The van der Waals surface area contributed by atoms with Crippen LogP contribution in [0.1, 0.15) is 27.7 Å². The molecule has 6 nitrogen and oxygen atoms in total. The molecular formula is C15H30N4O2. The van der Waals surface area contributed by atoms with Crippen LogP contribution in [0.25, 0.3) is 0 Å². The summed E-state index contributed by atoms with van der Waals surface area (Å²) in [4.78, 5) is 30.0. The van der Waals surface area contributed by atoms with Gasteiger partial charge in [-0.25, -0.2) is 0 Å². The number of piperazine rings is 1. The second-order valence-electron chi connectivity index (χ2n) is 6.79. The van der Waals surface area contributed by atoms with Crippen LogP contribution in [0.5, 0.6) is 0 Å². The summed E-state index contributed by atoms with van der Waals surface area (Å²) in [5.41, 5.74) is -0.195. The maximum Gasteiger partial charge on any atom is 0.236 e. The van der Waals surface area contributed by atoms with Gasteiger partial charge in [0.1, 0.15) is 0 Å². The summed E-state index contributed by atoms with van der Waals surface area (Å²) in [6.45, 7) is 12.7. The van der Waals surface area contributed by atoms with Gasteiger partial charge in [-0.1, -0.05) is 6.92 Å². The lowest BCUT2D eigenvalue weighted by Crippen LogP contribution is -2.54. The van der Waals surface area contributed by atoms with Crippen LogP contribution in [0.15, 0.2) is 0 Å². The van der Waals surface area contributed by atoms with Crippen molar-refractivity contribution in [3.05, 3.63) is 0 Å². The van der Waals surface area contributed by atoms with E-state index in [0.717, 1.165) is 19.6 Å². The second-order valence-corrected chi connectivity index (χ2v) is 6.79. The first kappa shape index (κ1) is 17.9. The number of amides is 2. The molecule has 1 aliphatic heterocycles. The Bertz CT molecular complexity index is 357. The van der Waals surface area contributed by atoms with E-state index in [9.17, 15) is 9.59 Å². The molecule has 0 radical (unpaired) electrons. The summed E-state index contributed by atoms with van der Waals surface area (Å²) >= 11 is 0. The van der Waals surface area contributed by atoms with Crippen molar-refractivity contribution in [1.29, 1.82) is 0 Å². The van der Waals surface area contributed by atoms with Crippen LogP contribution in [0.4, 0.5) is 0 Å². The van der Waals surface area contributed by atoms with E-state index in [1.807, 2.05) is 44.5 Å². The van der Waals surface area contributed by atoms with Crippen LogP contribution in [0.3, 0.4) is 0 Å². The van der Waals surface area contributed by atoms with Gasteiger partial charge in [-0.3, -0.25) is 19.4 Å². The lowest BCUT2D eigenvalue weighted by molar-refractivity contribution is -0.134. The molecule has 1 aliphatic rings. The van der Waals surface area contributed by atoms with Crippen molar-refractivity contribution in [3.8, 4) is 0 Å². The Morgan fingerprint density at radius 1 is 1.14 bits per heavy atom. The zero-order valence-electron chi connectivity index (χ0n) is 14.1. The van der Waals surface area contributed by atoms with E-state index in [0.29, 0.717) is 26.2 Å².